The molecule has 0 bridgehead atoms. The fourth-order valence-corrected chi connectivity index (χ4v) is 2.26. The van der Waals surface area contributed by atoms with Gasteiger partial charge in [-0.3, -0.25) is 0 Å². The third-order valence-corrected chi connectivity index (χ3v) is 3.86. The van der Waals surface area contributed by atoms with Crippen LogP contribution in [0.25, 0.3) is 0 Å². The smallest absolute Gasteiger partial charge is 0.202 e. The molecule has 1 fully saturated rings. The van der Waals surface area contributed by atoms with Gasteiger partial charge in [-0.05, 0) is 11.5 Å². The summed E-state index contributed by atoms with van der Waals surface area (Å²) >= 11 is 0. The predicted molar refractivity (Wildman–Crippen MR) is 70.2 cm³/mol. The van der Waals surface area contributed by atoms with E-state index in [1.54, 1.807) is 6.92 Å². The van der Waals surface area contributed by atoms with Crippen molar-refractivity contribution in [3.8, 4) is 0 Å². The maximum Gasteiger partial charge on any atom is 0.202 e. The number of benzene rings is 1. The summed E-state index contributed by atoms with van der Waals surface area (Å²) in [5.41, 5.74) is 1.05. The molecule has 0 spiro atoms. The Kier molecular flexibility index (Phi) is 4.91. The minimum Gasteiger partial charge on any atom is -0.390 e. The molecule has 1 saturated heterocycles. The van der Waals surface area contributed by atoms with Crippen LogP contribution in [0.4, 0.5) is 4.39 Å². The zero-order chi connectivity index (χ0) is 13.8. The Bertz CT molecular complexity index is 384. The van der Waals surface area contributed by atoms with Gasteiger partial charge in [-0.1, -0.05) is 44.2 Å². The molecule has 5 atom stereocenters. The van der Waals surface area contributed by atoms with Crippen LogP contribution in [0, 0.1) is 11.8 Å². The topological polar surface area (TPSA) is 38.7 Å². The quantitative estimate of drug-likeness (QED) is 0.912. The maximum atomic E-state index is 13.6. The van der Waals surface area contributed by atoms with E-state index < -0.39 is 18.6 Å². The third-order valence-electron chi connectivity index (χ3n) is 3.86. The van der Waals surface area contributed by atoms with Crippen molar-refractivity contribution in [2.45, 2.75) is 39.0 Å². The van der Waals surface area contributed by atoms with Crippen LogP contribution in [0.1, 0.15) is 19.4 Å². The molecule has 1 heterocycles. The number of aliphatic hydroxyl groups excluding tert-OH is 1. The zero-order valence-electron chi connectivity index (χ0n) is 11.3. The number of alkyl halides is 1. The number of hydrogen-bond acceptors (Lipinski definition) is 3. The lowest BCUT2D eigenvalue weighted by Gasteiger charge is -2.39. The minimum atomic E-state index is -1.33. The molecule has 0 radical (unpaired) electrons. The van der Waals surface area contributed by atoms with E-state index in [0.717, 1.165) is 5.56 Å². The van der Waals surface area contributed by atoms with E-state index in [2.05, 4.69) is 0 Å². The molecule has 1 aliphatic heterocycles. The fraction of sp³-hybridized carbons (Fsp3) is 0.600. The van der Waals surface area contributed by atoms with E-state index >= 15 is 0 Å². The Morgan fingerprint density at radius 1 is 1.21 bits per heavy atom. The molecule has 1 aliphatic rings. The second-order valence-electron chi connectivity index (χ2n) is 5.24. The van der Waals surface area contributed by atoms with E-state index in [1.807, 2.05) is 37.3 Å². The molecule has 4 heteroatoms. The number of hydrogen-bond donors (Lipinski definition) is 1. The lowest BCUT2D eigenvalue weighted by atomic mass is 9.85. The first-order valence-corrected chi connectivity index (χ1v) is 6.69. The third kappa shape index (κ3) is 3.53. The largest absolute Gasteiger partial charge is 0.390 e. The normalized spacial score (nSPS) is 35.3. The van der Waals surface area contributed by atoms with Crippen LogP contribution in [0.15, 0.2) is 30.3 Å². The molecule has 0 saturated carbocycles. The van der Waals surface area contributed by atoms with Gasteiger partial charge < -0.3 is 14.6 Å². The van der Waals surface area contributed by atoms with Gasteiger partial charge in [0, 0.05) is 5.92 Å². The highest BCUT2D eigenvalue weighted by atomic mass is 19.1. The van der Waals surface area contributed by atoms with Gasteiger partial charge in [0.2, 0.25) is 6.36 Å². The molecule has 0 amide bonds. The molecular formula is C15H21FO3. The summed E-state index contributed by atoms with van der Waals surface area (Å²) < 4.78 is 24.3. The molecule has 1 aromatic carbocycles. The van der Waals surface area contributed by atoms with Crippen molar-refractivity contribution < 1.29 is 19.0 Å². The Morgan fingerprint density at radius 2 is 1.89 bits per heavy atom. The first kappa shape index (κ1) is 14.4. The van der Waals surface area contributed by atoms with Crippen LogP contribution in [-0.4, -0.2) is 30.3 Å². The zero-order valence-corrected chi connectivity index (χ0v) is 11.3. The van der Waals surface area contributed by atoms with Crippen LogP contribution in [0.5, 0.6) is 0 Å². The summed E-state index contributed by atoms with van der Waals surface area (Å²) in [5.74, 6) is -0.422. The molecule has 2 rings (SSSR count). The van der Waals surface area contributed by atoms with Gasteiger partial charge >= 0.3 is 0 Å². The highest BCUT2D eigenvalue weighted by Crippen LogP contribution is 2.31. The Labute approximate surface area is 113 Å². The van der Waals surface area contributed by atoms with Crippen LogP contribution >= 0.6 is 0 Å². The predicted octanol–water partition coefficient (Wildman–Crippen LogP) is 2.53. The molecular weight excluding hydrogens is 247 g/mol. The maximum absolute atomic E-state index is 13.6. The van der Waals surface area contributed by atoms with Crippen LogP contribution in [0.2, 0.25) is 0 Å². The van der Waals surface area contributed by atoms with E-state index in [0.29, 0.717) is 6.61 Å². The van der Waals surface area contributed by atoms with Gasteiger partial charge in [-0.15, -0.1) is 0 Å². The van der Waals surface area contributed by atoms with Gasteiger partial charge in [0.15, 0.2) is 0 Å². The van der Waals surface area contributed by atoms with Crippen LogP contribution < -0.4 is 0 Å². The lowest BCUT2D eigenvalue weighted by Crippen LogP contribution is -2.49. The Balaban J connectivity index is 1.82. The van der Waals surface area contributed by atoms with Crippen LogP contribution in [-0.2, 0) is 16.1 Å². The highest BCUT2D eigenvalue weighted by molar-refractivity contribution is 5.13. The van der Waals surface area contributed by atoms with Crippen LogP contribution in [0.3, 0.4) is 0 Å². The SMILES string of the molecule is CC1[C@H](F)OC(COCc2ccccc2)[C@H](O)[C@@H]1C. The Morgan fingerprint density at radius 3 is 2.58 bits per heavy atom. The van der Waals surface area contributed by atoms with Crippen molar-refractivity contribution in [1.82, 2.24) is 0 Å². The van der Waals surface area contributed by atoms with Crippen molar-refractivity contribution >= 4 is 0 Å². The van der Waals surface area contributed by atoms with Crippen molar-refractivity contribution in [2.75, 3.05) is 6.61 Å². The molecule has 2 unspecified atom stereocenters. The first-order chi connectivity index (χ1) is 9.09. The summed E-state index contributed by atoms with van der Waals surface area (Å²) in [6.45, 7) is 4.23. The average Bonchev–Trinajstić information content (AvgIpc) is 2.43. The fourth-order valence-electron chi connectivity index (χ4n) is 2.26. The monoisotopic (exact) mass is 268 g/mol. The van der Waals surface area contributed by atoms with Gasteiger partial charge in [0.25, 0.3) is 0 Å². The average molecular weight is 268 g/mol. The lowest BCUT2D eigenvalue weighted by molar-refractivity contribution is -0.226. The number of ether oxygens (including phenoxy) is 2. The standard InChI is InChI=1S/C15H21FO3/c1-10-11(2)15(16)19-13(14(10)17)9-18-8-12-6-4-3-5-7-12/h3-7,10-11,13-15,17H,8-9H2,1-2H3/t10-,11?,13?,14-,15-/m1/s1. The van der Waals surface area contributed by atoms with Gasteiger partial charge in [-0.2, -0.15) is 0 Å². The summed E-state index contributed by atoms with van der Waals surface area (Å²) in [5, 5.41) is 10.1. The minimum absolute atomic E-state index is 0.130. The summed E-state index contributed by atoms with van der Waals surface area (Å²) in [6.07, 6.45) is -2.61. The molecule has 1 aromatic rings. The Hall–Kier alpha value is -0.970. The van der Waals surface area contributed by atoms with Crippen molar-refractivity contribution in [2.24, 2.45) is 11.8 Å². The number of rotatable bonds is 4. The van der Waals surface area contributed by atoms with Crippen molar-refractivity contribution in [3.05, 3.63) is 35.9 Å². The van der Waals surface area contributed by atoms with E-state index in [1.165, 1.54) is 0 Å². The molecule has 1 N–H and O–H groups in total. The molecule has 106 valence electrons. The number of halogens is 1. The van der Waals surface area contributed by atoms with Gasteiger partial charge in [-0.25, -0.2) is 4.39 Å². The summed E-state index contributed by atoms with van der Waals surface area (Å²) in [4.78, 5) is 0. The number of aliphatic hydroxyl groups is 1. The summed E-state index contributed by atoms with van der Waals surface area (Å²) in [7, 11) is 0. The second-order valence-corrected chi connectivity index (χ2v) is 5.24. The molecule has 3 nitrogen and oxygen atoms in total. The highest BCUT2D eigenvalue weighted by Gasteiger charge is 2.40. The van der Waals surface area contributed by atoms with E-state index in [9.17, 15) is 9.50 Å². The van der Waals surface area contributed by atoms with E-state index in [4.69, 9.17) is 9.47 Å². The van der Waals surface area contributed by atoms with Crippen molar-refractivity contribution in [1.29, 1.82) is 0 Å². The van der Waals surface area contributed by atoms with Crippen molar-refractivity contribution in [3.63, 3.8) is 0 Å². The second kappa shape index (κ2) is 6.46. The molecule has 0 aliphatic carbocycles. The molecule has 0 aromatic heterocycles. The van der Waals surface area contributed by atoms with Gasteiger partial charge in [0.1, 0.15) is 6.10 Å². The first-order valence-electron chi connectivity index (χ1n) is 6.69. The van der Waals surface area contributed by atoms with Gasteiger partial charge in [0.05, 0.1) is 19.3 Å². The summed E-state index contributed by atoms with van der Waals surface area (Å²) in [6, 6.07) is 9.73. The van der Waals surface area contributed by atoms with E-state index in [-0.39, 0.29) is 18.4 Å². The molecule has 19 heavy (non-hydrogen) atoms.